The maximum atomic E-state index is 9.92. The van der Waals surface area contributed by atoms with Crippen LogP contribution in [0.3, 0.4) is 0 Å². The quantitative estimate of drug-likeness (QED) is 0.825. The summed E-state index contributed by atoms with van der Waals surface area (Å²) in [4.78, 5) is 0. The van der Waals surface area contributed by atoms with Gasteiger partial charge in [-0.1, -0.05) is 48.9 Å². The van der Waals surface area contributed by atoms with Crippen molar-refractivity contribution in [2.45, 2.75) is 32.4 Å². The average molecular weight is 290 g/mol. The molecule has 2 nitrogen and oxygen atoms in total. The van der Waals surface area contributed by atoms with Crippen molar-refractivity contribution in [1.29, 1.82) is 0 Å². The number of hydrogen-bond acceptors (Lipinski definition) is 2. The summed E-state index contributed by atoms with van der Waals surface area (Å²) in [5, 5.41) is 14.2. The van der Waals surface area contributed by atoms with E-state index in [2.05, 4.69) is 19.2 Å². The molecule has 2 aromatic carbocycles. The molecule has 0 saturated carbocycles. The second-order valence-corrected chi connectivity index (χ2v) is 5.40. The van der Waals surface area contributed by atoms with Crippen molar-refractivity contribution in [3.8, 4) is 5.75 Å². The lowest BCUT2D eigenvalue weighted by molar-refractivity contribution is 0.424. The fraction of sp³-hybridized carbons (Fsp3) is 0.294. The molecule has 0 heterocycles. The van der Waals surface area contributed by atoms with Crippen LogP contribution in [0, 0.1) is 0 Å². The van der Waals surface area contributed by atoms with Crippen molar-refractivity contribution in [2.75, 3.05) is 0 Å². The third-order valence-corrected chi connectivity index (χ3v) is 3.79. The molecular weight excluding hydrogens is 270 g/mol. The minimum Gasteiger partial charge on any atom is -0.508 e. The Morgan fingerprint density at radius 2 is 1.75 bits per heavy atom. The van der Waals surface area contributed by atoms with Crippen LogP contribution < -0.4 is 5.32 Å². The number of halogens is 1. The minimum atomic E-state index is 0.0804. The lowest BCUT2D eigenvalue weighted by atomic mass is 10.0. The van der Waals surface area contributed by atoms with Crippen LogP contribution in [0.5, 0.6) is 5.75 Å². The van der Waals surface area contributed by atoms with Crippen molar-refractivity contribution >= 4 is 11.6 Å². The van der Waals surface area contributed by atoms with Gasteiger partial charge < -0.3 is 10.4 Å². The van der Waals surface area contributed by atoms with Crippen molar-refractivity contribution < 1.29 is 5.11 Å². The first kappa shape index (κ1) is 14.9. The molecule has 0 aliphatic rings. The van der Waals surface area contributed by atoms with Crippen LogP contribution in [0.25, 0.3) is 0 Å². The molecule has 0 radical (unpaired) electrons. The van der Waals surface area contributed by atoms with Gasteiger partial charge in [0.1, 0.15) is 5.75 Å². The molecule has 0 aliphatic heterocycles. The Morgan fingerprint density at radius 1 is 1.10 bits per heavy atom. The molecule has 2 atom stereocenters. The van der Waals surface area contributed by atoms with Crippen LogP contribution in [-0.2, 0) is 0 Å². The van der Waals surface area contributed by atoms with Gasteiger partial charge in [0.05, 0.1) is 0 Å². The van der Waals surface area contributed by atoms with Crippen LogP contribution in [0.2, 0.25) is 5.02 Å². The molecule has 3 heteroatoms. The molecule has 0 amide bonds. The topological polar surface area (TPSA) is 32.3 Å². The monoisotopic (exact) mass is 289 g/mol. The highest BCUT2D eigenvalue weighted by molar-refractivity contribution is 6.30. The maximum absolute atomic E-state index is 9.92. The number of phenolic OH excluding ortho intramolecular Hbond substituents is 1. The zero-order chi connectivity index (χ0) is 14.5. The van der Waals surface area contributed by atoms with Crippen LogP contribution in [0.4, 0.5) is 0 Å². The molecule has 0 saturated heterocycles. The highest BCUT2D eigenvalue weighted by Gasteiger charge is 2.15. The molecule has 0 aliphatic carbocycles. The van der Waals surface area contributed by atoms with Gasteiger partial charge in [0, 0.05) is 22.7 Å². The van der Waals surface area contributed by atoms with E-state index in [1.165, 1.54) is 5.56 Å². The van der Waals surface area contributed by atoms with Crippen LogP contribution in [0.15, 0.2) is 48.5 Å². The first-order chi connectivity index (χ1) is 9.61. The highest BCUT2D eigenvalue weighted by Crippen LogP contribution is 2.27. The standard InChI is InChI=1S/C17H20ClNO/c1-3-16(13-8-10-14(18)11-9-13)19-12(2)15-6-4-5-7-17(15)20/h4-12,16,19-20H,3H2,1-2H3. The largest absolute Gasteiger partial charge is 0.508 e. The van der Waals surface area contributed by atoms with E-state index in [9.17, 15) is 5.11 Å². The first-order valence-electron chi connectivity index (χ1n) is 6.91. The minimum absolute atomic E-state index is 0.0804. The van der Waals surface area contributed by atoms with E-state index in [1.54, 1.807) is 6.07 Å². The molecule has 0 fully saturated rings. The number of para-hydroxylation sites is 1. The van der Waals surface area contributed by atoms with Crippen molar-refractivity contribution in [2.24, 2.45) is 0 Å². The smallest absolute Gasteiger partial charge is 0.120 e. The molecule has 20 heavy (non-hydrogen) atoms. The van der Waals surface area contributed by atoms with Crippen LogP contribution >= 0.6 is 11.6 Å². The van der Waals surface area contributed by atoms with E-state index in [-0.39, 0.29) is 12.1 Å². The number of nitrogens with one attached hydrogen (secondary N) is 1. The lowest BCUT2D eigenvalue weighted by Crippen LogP contribution is -2.24. The highest BCUT2D eigenvalue weighted by atomic mass is 35.5. The van der Waals surface area contributed by atoms with Gasteiger partial charge in [0.25, 0.3) is 0 Å². The summed E-state index contributed by atoms with van der Waals surface area (Å²) < 4.78 is 0. The third kappa shape index (κ3) is 3.53. The van der Waals surface area contributed by atoms with Crippen molar-refractivity contribution in [3.05, 3.63) is 64.7 Å². The summed E-state index contributed by atoms with van der Waals surface area (Å²) in [6.07, 6.45) is 0.972. The number of rotatable bonds is 5. The summed E-state index contributed by atoms with van der Waals surface area (Å²) in [5.41, 5.74) is 2.12. The van der Waals surface area contributed by atoms with Gasteiger partial charge in [-0.3, -0.25) is 0 Å². The Labute approximate surface area is 125 Å². The Kier molecular flexibility index (Phi) is 5.05. The van der Waals surface area contributed by atoms with Gasteiger partial charge in [-0.2, -0.15) is 0 Å². The van der Waals surface area contributed by atoms with E-state index in [0.717, 1.165) is 17.0 Å². The molecular formula is C17H20ClNO. The fourth-order valence-corrected chi connectivity index (χ4v) is 2.52. The molecule has 2 aromatic rings. The maximum Gasteiger partial charge on any atom is 0.120 e. The Morgan fingerprint density at radius 3 is 2.35 bits per heavy atom. The van der Waals surface area contributed by atoms with Gasteiger partial charge in [0.2, 0.25) is 0 Å². The average Bonchev–Trinajstić information content (AvgIpc) is 2.46. The Balaban J connectivity index is 2.14. The lowest BCUT2D eigenvalue weighted by Gasteiger charge is -2.23. The third-order valence-electron chi connectivity index (χ3n) is 3.54. The Bertz CT molecular complexity index is 553. The summed E-state index contributed by atoms with van der Waals surface area (Å²) in [5.74, 6) is 0.332. The summed E-state index contributed by atoms with van der Waals surface area (Å²) in [6, 6.07) is 15.7. The molecule has 2 N–H and O–H groups in total. The molecule has 2 rings (SSSR count). The molecule has 2 unspecified atom stereocenters. The normalized spacial score (nSPS) is 13.9. The zero-order valence-corrected chi connectivity index (χ0v) is 12.6. The van der Waals surface area contributed by atoms with Crippen molar-refractivity contribution in [1.82, 2.24) is 5.32 Å². The molecule has 106 valence electrons. The predicted molar refractivity (Wildman–Crippen MR) is 84.1 cm³/mol. The Hall–Kier alpha value is -1.51. The van der Waals surface area contributed by atoms with Gasteiger partial charge in [0.15, 0.2) is 0 Å². The molecule has 0 bridgehead atoms. The van der Waals surface area contributed by atoms with Crippen LogP contribution in [-0.4, -0.2) is 5.11 Å². The second-order valence-electron chi connectivity index (χ2n) is 4.96. The van der Waals surface area contributed by atoms with E-state index in [4.69, 9.17) is 11.6 Å². The van der Waals surface area contributed by atoms with E-state index in [1.807, 2.05) is 42.5 Å². The van der Waals surface area contributed by atoms with Crippen molar-refractivity contribution in [3.63, 3.8) is 0 Å². The van der Waals surface area contributed by atoms with E-state index >= 15 is 0 Å². The second kappa shape index (κ2) is 6.78. The number of benzene rings is 2. The first-order valence-corrected chi connectivity index (χ1v) is 7.29. The number of hydrogen-bond donors (Lipinski definition) is 2. The summed E-state index contributed by atoms with van der Waals surface area (Å²) in [7, 11) is 0. The van der Waals surface area contributed by atoms with Gasteiger partial charge >= 0.3 is 0 Å². The van der Waals surface area contributed by atoms with Gasteiger partial charge in [-0.25, -0.2) is 0 Å². The summed E-state index contributed by atoms with van der Waals surface area (Å²) >= 11 is 5.93. The zero-order valence-electron chi connectivity index (χ0n) is 11.8. The van der Waals surface area contributed by atoms with Gasteiger partial charge in [-0.15, -0.1) is 0 Å². The van der Waals surface area contributed by atoms with Crippen LogP contribution in [0.1, 0.15) is 43.5 Å². The molecule has 0 aromatic heterocycles. The fourth-order valence-electron chi connectivity index (χ4n) is 2.39. The number of phenols is 1. The SMILES string of the molecule is CCC(NC(C)c1ccccc1O)c1ccc(Cl)cc1. The number of aromatic hydroxyl groups is 1. The van der Waals surface area contributed by atoms with E-state index < -0.39 is 0 Å². The van der Waals surface area contributed by atoms with E-state index in [0.29, 0.717) is 5.75 Å². The molecule has 0 spiro atoms. The summed E-state index contributed by atoms with van der Waals surface area (Å²) in [6.45, 7) is 4.21. The predicted octanol–water partition coefficient (Wildman–Crippen LogP) is 4.85. The van der Waals surface area contributed by atoms with Gasteiger partial charge in [-0.05, 0) is 37.1 Å².